The predicted molar refractivity (Wildman–Crippen MR) is 105 cm³/mol. The maximum absolute atomic E-state index is 13.7. The van der Waals surface area contributed by atoms with Crippen LogP contribution in [0.2, 0.25) is 0 Å². The minimum atomic E-state index is -4.53. The van der Waals surface area contributed by atoms with Crippen LogP contribution in [0.3, 0.4) is 0 Å². The molecule has 2 aliphatic heterocycles. The average Bonchev–Trinajstić information content (AvgIpc) is 3.22. The second-order valence-corrected chi connectivity index (χ2v) is 9.14. The van der Waals surface area contributed by atoms with Crippen LogP contribution in [0, 0.1) is 17.3 Å². The van der Waals surface area contributed by atoms with Crippen molar-refractivity contribution in [2.45, 2.75) is 58.5 Å². The van der Waals surface area contributed by atoms with Crippen molar-refractivity contribution in [3.63, 3.8) is 0 Å². The molecular formula is C20H27F3N4O3. The lowest BCUT2D eigenvalue weighted by molar-refractivity contribution is -0.153. The first kappa shape index (κ1) is 21.1. The van der Waals surface area contributed by atoms with E-state index in [2.05, 4.69) is 17.2 Å². The fourth-order valence-corrected chi connectivity index (χ4v) is 4.46. The highest BCUT2D eigenvalue weighted by Crippen LogP contribution is 2.60. The van der Waals surface area contributed by atoms with Gasteiger partial charge in [-0.15, -0.1) is 0 Å². The highest BCUT2D eigenvalue weighted by Gasteiger charge is 2.60. The molecule has 2 fully saturated rings. The van der Waals surface area contributed by atoms with Crippen molar-refractivity contribution < 1.29 is 22.7 Å². The largest absolute Gasteiger partial charge is 0.408 e. The summed E-state index contributed by atoms with van der Waals surface area (Å²) in [6, 6.07) is -0.562. The molecule has 1 aromatic heterocycles. The number of Topliss-reactive ketones (excluding diaryl/α,β-unsaturated/α-hetero) is 1. The summed E-state index contributed by atoms with van der Waals surface area (Å²) in [5, 5.41) is 3.07. The summed E-state index contributed by atoms with van der Waals surface area (Å²) in [6.45, 7) is 6.03. The smallest absolute Gasteiger partial charge is 0.375 e. The van der Waals surface area contributed by atoms with Crippen LogP contribution in [-0.4, -0.2) is 53.4 Å². The van der Waals surface area contributed by atoms with Gasteiger partial charge in [-0.25, -0.2) is 0 Å². The zero-order chi connectivity index (χ0) is 21.8. The maximum atomic E-state index is 13.7. The van der Waals surface area contributed by atoms with Crippen molar-refractivity contribution in [3.05, 3.63) is 16.4 Å². The van der Waals surface area contributed by atoms with Crippen LogP contribution >= 0.6 is 0 Å². The van der Waals surface area contributed by atoms with E-state index in [0.717, 1.165) is 11.3 Å². The number of alkyl halides is 3. The Kier molecular flexibility index (Phi) is 5.11. The van der Waals surface area contributed by atoms with Gasteiger partial charge in [-0.1, -0.05) is 20.8 Å². The van der Waals surface area contributed by atoms with Gasteiger partial charge in [-0.2, -0.15) is 18.2 Å². The molecule has 3 heterocycles. The van der Waals surface area contributed by atoms with Gasteiger partial charge in [0, 0.05) is 30.5 Å². The Morgan fingerprint density at radius 2 is 2.17 bits per heavy atom. The van der Waals surface area contributed by atoms with E-state index in [9.17, 15) is 22.8 Å². The van der Waals surface area contributed by atoms with Crippen molar-refractivity contribution in [1.29, 1.82) is 0 Å². The predicted octanol–water partition coefficient (Wildman–Crippen LogP) is 2.45. The highest BCUT2D eigenvalue weighted by atomic mass is 19.4. The van der Waals surface area contributed by atoms with Crippen LogP contribution in [0.15, 0.2) is 10.9 Å². The number of hydrogen-bond donors (Lipinski definition) is 1. The molecule has 0 amide bonds. The molecule has 1 aromatic rings. The summed E-state index contributed by atoms with van der Waals surface area (Å²) < 4.78 is 48.0. The minimum absolute atomic E-state index is 0.0235. The van der Waals surface area contributed by atoms with Crippen molar-refractivity contribution in [2.75, 3.05) is 29.9 Å². The molecule has 1 saturated carbocycles. The van der Waals surface area contributed by atoms with Gasteiger partial charge in [0.05, 0.1) is 19.3 Å². The first-order chi connectivity index (χ1) is 14.0. The van der Waals surface area contributed by atoms with Gasteiger partial charge in [0.15, 0.2) is 5.78 Å². The number of ketones is 1. The number of carbonyl (C=O) groups excluding carboxylic acids is 1. The second-order valence-electron chi connectivity index (χ2n) is 9.14. The number of nitrogens with one attached hydrogen (secondary N) is 1. The topological polar surface area (TPSA) is 76.5 Å². The zero-order valence-corrected chi connectivity index (χ0v) is 17.3. The Labute approximate surface area is 172 Å². The Hall–Kier alpha value is -2.10. The molecule has 1 saturated heterocycles. The summed E-state index contributed by atoms with van der Waals surface area (Å²) in [6.07, 6.45) is -3.76. The molecule has 1 N–H and O–H groups in total. The number of hydrogen-bond acceptors (Lipinski definition) is 6. The lowest BCUT2D eigenvalue weighted by atomic mass is 10.0. The Morgan fingerprint density at radius 3 is 2.73 bits per heavy atom. The lowest BCUT2D eigenvalue weighted by Crippen LogP contribution is -2.54. The molecule has 166 valence electrons. The number of anilines is 2. The second kappa shape index (κ2) is 7.25. The number of rotatable bonds is 6. The Bertz CT molecular complexity index is 898. The molecule has 3 unspecified atom stereocenters. The van der Waals surface area contributed by atoms with Crippen LogP contribution in [0.25, 0.3) is 0 Å². The third-order valence-corrected chi connectivity index (χ3v) is 6.76. The van der Waals surface area contributed by atoms with E-state index in [0.29, 0.717) is 19.1 Å². The van der Waals surface area contributed by atoms with Gasteiger partial charge in [-0.3, -0.25) is 14.2 Å². The van der Waals surface area contributed by atoms with Gasteiger partial charge in [0.2, 0.25) is 5.95 Å². The molecule has 4 atom stereocenters. The number of carbonyl (C=O) groups is 1. The molecule has 7 nitrogen and oxygen atoms in total. The van der Waals surface area contributed by atoms with Crippen molar-refractivity contribution in [2.24, 2.45) is 17.3 Å². The van der Waals surface area contributed by atoms with E-state index in [1.807, 2.05) is 0 Å². The summed E-state index contributed by atoms with van der Waals surface area (Å²) in [5.74, 6) is -0.120. The van der Waals surface area contributed by atoms with Crippen molar-refractivity contribution >= 4 is 17.5 Å². The van der Waals surface area contributed by atoms with E-state index in [1.165, 1.54) is 10.6 Å². The highest BCUT2D eigenvalue weighted by molar-refractivity contribution is 5.85. The number of fused-ring (bicyclic) bond motifs is 2. The molecular weight excluding hydrogens is 401 g/mol. The Morgan fingerprint density at radius 1 is 1.43 bits per heavy atom. The quantitative estimate of drug-likeness (QED) is 0.750. The molecule has 0 radical (unpaired) electrons. The summed E-state index contributed by atoms with van der Waals surface area (Å²) in [7, 11) is 0. The summed E-state index contributed by atoms with van der Waals surface area (Å²) in [4.78, 5) is 30.1. The zero-order valence-electron chi connectivity index (χ0n) is 17.3. The van der Waals surface area contributed by atoms with Crippen LogP contribution < -0.4 is 15.8 Å². The molecule has 0 bridgehead atoms. The van der Waals surface area contributed by atoms with Crippen LogP contribution in [-0.2, 0) is 16.1 Å². The van der Waals surface area contributed by atoms with Gasteiger partial charge < -0.3 is 15.0 Å². The number of halogens is 3. The molecule has 30 heavy (non-hydrogen) atoms. The van der Waals surface area contributed by atoms with Gasteiger partial charge in [-0.05, 0) is 18.8 Å². The third kappa shape index (κ3) is 3.70. The lowest BCUT2D eigenvalue weighted by Gasteiger charge is -2.38. The first-order valence-electron chi connectivity index (χ1n) is 10.3. The van der Waals surface area contributed by atoms with E-state index >= 15 is 0 Å². The van der Waals surface area contributed by atoms with E-state index in [-0.39, 0.29) is 42.0 Å². The van der Waals surface area contributed by atoms with Crippen molar-refractivity contribution in [3.8, 4) is 0 Å². The number of aromatic nitrogens is 2. The van der Waals surface area contributed by atoms with E-state index in [1.54, 1.807) is 13.8 Å². The SMILES string of the molecule is CC(C)C(=O)CN1c2nc(NCC3OCC4CC43C)cc(=O)n2CC[C@H]1C(F)(F)F. The monoisotopic (exact) mass is 428 g/mol. The van der Waals surface area contributed by atoms with Gasteiger partial charge in [0.1, 0.15) is 11.9 Å². The van der Waals surface area contributed by atoms with E-state index in [4.69, 9.17) is 4.74 Å². The molecule has 0 aromatic carbocycles. The van der Waals surface area contributed by atoms with Crippen LogP contribution in [0.1, 0.15) is 33.6 Å². The molecule has 10 heteroatoms. The van der Waals surface area contributed by atoms with E-state index < -0.39 is 30.2 Å². The summed E-state index contributed by atoms with van der Waals surface area (Å²) in [5.41, 5.74) is -0.319. The van der Waals surface area contributed by atoms with Crippen LogP contribution in [0.4, 0.5) is 24.9 Å². The normalized spacial score (nSPS) is 30.2. The molecule has 3 aliphatic rings. The maximum Gasteiger partial charge on any atom is 0.408 e. The number of ether oxygens (including phenoxy) is 1. The van der Waals surface area contributed by atoms with Crippen LogP contribution in [0.5, 0.6) is 0 Å². The first-order valence-corrected chi connectivity index (χ1v) is 10.3. The van der Waals surface area contributed by atoms with Gasteiger partial charge in [0.25, 0.3) is 5.56 Å². The Balaban J connectivity index is 1.61. The molecule has 0 spiro atoms. The summed E-state index contributed by atoms with van der Waals surface area (Å²) >= 11 is 0. The number of nitrogens with zero attached hydrogens (tertiary/aromatic N) is 3. The fourth-order valence-electron chi connectivity index (χ4n) is 4.46. The standard InChI is InChI=1S/C20H27F3N4O3/c1-11(2)13(28)9-27-14(20(21,22)23)4-5-26-17(29)6-16(25-18(26)27)24-8-15-19(3)7-12(19)10-30-15/h6,11-12,14-15,24H,4-5,7-10H2,1-3H3/t12?,14-,15?,19?/m0/s1. The fraction of sp³-hybridized carbons (Fsp3) is 0.750. The van der Waals surface area contributed by atoms with Crippen molar-refractivity contribution in [1.82, 2.24) is 9.55 Å². The average molecular weight is 428 g/mol. The minimum Gasteiger partial charge on any atom is -0.375 e. The third-order valence-electron chi connectivity index (χ3n) is 6.76. The molecule has 1 aliphatic carbocycles. The van der Waals surface area contributed by atoms with Gasteiger partial charge >= 0.3 is 6.18 Å². The molecule has 4 rings (SSSR count).